The van der Waals surface area contributed by atoms with E-state index in [1.807, 2.05) is 19.1 Å². The second-order valence-electron chi connectivity index (χ2n) is 9.05. The molecule has 0 bridgehead atoms. The molecule has 1 aliphatic rings. The zero-order valence-electron chi connectivity index (χ0n) is 19.8. The molecule has 0 fully saturated rings. The largest absolute Gasteiger partial charge is 0.478 e. The zero-order chi connectivity index (χ0) is 26.2. The van der Waals surface area contributed by atoms with Crippen LogP contribution in [0.25, 0.3) is 10.6 Å². The molecular formula is C27H23F3N4O2S. The average molecular weight is 525 g/mol. The number of carboxylic acids is 1. The van der Waals surface area contributed by atoms with Crippen molar-refractivity contribution in [2.24, 2.45) is 0 Å². The van der Waals surface area contributed by atoms with Gasteiger partial charge in [0.2, 0.25) is 0 Å². The third-order valence-corrected chi connectivity index (χ3v) is 7.48. The summed E-state index contributed by atoms with van der Waals surface area (Å²) in [5.41, 5.74) is 3.15. The van der Waals surface area contributed by atoms with Crippen LogP contribution >= 0.6 is 11.3 Å². The number of pyridine rings is 2. The summed E-state index contributed by atoms with van der Waals surface area (Å²) in [5.74, 6) is -0.534. The molecular weight excluding hydrogens is 501 g/mol. The SMILES string of the molecule is Cc1cc(Nc2cc(C(F)(F)F)ccn2)nc(-c2cnc(C3CCCCc4ccc(C(=O)O)cc43)s2)c1. The van der Waals surface area contributed by atoms with E-state index in [4.69, 9.17) is 0 Å². The van der Waals surface area contributed by atoms with Crippen LogP contribution in [0.2, 0.25) is 0 Å². The Kier molecular flexibility index (Phi) is 6.68. The van der Waals surface area contributed by atoms with Crippen LogP contribution in [-0.2, 0) is 12.6 Å². The van der Waals surface area contributed by atoms with Gasteiger partial charge in [-0.3, -0.25) is 0 Å². The summed E-state index contributed by atoms with van der Waals surface area (Å²) in [7, 11) is 0. The highest BCUT2D eigenvalue weighted by molar-refractivity contribution is 7.15. The van der Waals surface area contributed by atoms with E-state index >= 15 is 0 Å². The average Bonchev–Trinajstić information content (AvgIpc) is 3.24. The highest BCUT2D eigenvalue weighted by Gasteiger charge is 2.31. The Morgan fingerprint density at radius 1 is 1.08 bits per heavy atom. The van der Waals surface area contributed by atoms with Gasteiger partial charge in [-0.2, -0.15) is 13.2 Å². The van der Waals surface area contributed by atoms with Gasteiger partial charge in [-0.15, -0.1) is 11.3 Å². The highest BCUT2D eigenvalue weighted by Crippen LogP contribution is 2.40. The lowest BCUT2D eigenvalue weighted by atomic mass is 9.91. The molecule has 0 amide bonds. The van der Waals surface area contributed by atoms with E-state index in [2.05, 4.69) is 20.3 Å². The van der Waals surface area contributed by atoms with Crippen molar-refractivity contribution in [1.82, 2.24) is 15.0 Å². The molecule has 0 radical (unpaired) electrons. The molecule has 1 aliphatic carbocycles. The second-order valence-corrected chi connectivity index (χ2v) is 10.1. The number of nitrogens with one attached hydrogen (secondary N) is 1. The molecule has 4 aromatic rings. The van der Waals surface area contributed by atoms with E-state index in [0.29, 0.717) is 11.5 Å². The summed E-state index contributed by atoms with van der Waals surface area (Å²) >= 11 is 1.50. The van der Waals surface area contributed by atoms with Crippen LogP contribution < -0.4 is 5.32 Å². The number of aryl methyl sites for hydroxylation is 2. The lowest BCUT2D eigenvalue weighted by molar-refractivity contribution is -0.137. The quantitative estimate of drug-likeness (QED) is 0.268. The zero-order valence-corrected chi connectivity index (χ0v) is 20.7. The third kappa shape index (κ3) is 5.48. The number of rotatable bonds is 5. The number of aromatic nitrogens is 3. The molecule has 6 nitrogen and oxygen atoms in total. The minimum atomic E-state index is -4.47. The van der Waals surface area contributed by atoms with Gasteiger partial charge < -0.3 is 10.4 Å². The van der Waals surface area contributed by atoms with Gasteiger partial charge >= 0.3 is 12.1 Å². The number of hydrogen-bond donors (Lipinski definition) is 2. The first-order valence-electron chi connectivity index (χ1n) is 11.8. The summed E-state index contributed by atoms with van der Waals surface area (Å²) < 4.78 is 39.3. The first-order valence-corrected chi connectivity index (χ1v) is 12.6. The van der Waals surface area contributed by atoms with Crippen molar-refractivity contribution in [2.75, 3.05) is 5.32 Å². The van der Waals surface area contributed by atoms with Crippen LogP contribution in [0.5, 0.6) is 0 Å². The van der Waals surface area contributed by atoms with Crippen molar-refractivity contribution < 1.29 is 23.1 Å². The van der Waals surface area contributed by atoms with Crippen LogP contribution in [0.15, 0.2) is 54.9 Å². The molecule has 0 saturated carbocycles. The molecule has 0 spiro atoms. The molecule has 10 heteroatoms. The van der Waals surface area contributed by atoms with Crippen molar-refractivity contribution in [3.63, 3.8) is 0 Å². The van der Waals surface area contributed by atoms with Crippen molar-refractivity contribution in [1.29, 1.82) is 0 Å². The van der Waals surface area contributed by atoms with Gasteiger partial charge in [0.25, 0.3) is 0 Å². The monoisotopic (exact) mass is 524 g/mol. The predicted octanol–water partition coefficient (Wildman–Crippen LogP) is 7.23. The Balaban J connectivity index is 1.45. The Bertz CT molecular complexity index is 1470. The minimum absolute atomic E-state index is 0.00716. The summed E-state index contributed by atoms with van der Waals surface area (Å²) in [5, 5.41) is 13.3. The molecule has 1 aromatic carbocycles. The standard InChI is InChI=1S/C27H23F3N4O2S/c1-15-10-21(33-24(11-15)34-23-13-18(8-9-31-23)27(28,29)30)22-14-32-25(37-22)19-5-3-2-4-16-6-7-17(26(35)36)12-20(16)19/h6-14,19H,2-5H2,1H3,(H,35,36)(H,31,33,34). The molecule has 0 aliphatic heterocycles. The van der Waals surface area contributed by atoms with Crippen LogP contribution in [0, 0.1) is 6.92 Å². The van der Waals surface area contributed by atoms with Crippen LogP contribution in [0.4, 0.5) is 24.8 Å². The van der Waals surface area contributed by atoms with Gasteiger partial charge in [-0.05, 0) is 79.3 Å². The Labute approximate surface area is 215 Å². The number of benzene rings is 1. The number of aromatic carboxylic acids is 1. The molecule has 1 unspecified atom stereocenters. The van der Waals surface area contributed by atoms with Crippen molar-refractivity contribution in [2.45, 2.75) is 44.7 Å². The fourth-order valence-corrected chi connectivity index (χ4v) is 5.62. The smallest absolute Gasteiger partial charge is 0.416 e. The summed E-state index contributed by atoms with van der Waals surface area (Å²) in [4.78, 5) is 25.7. The summed E-state index contributed by atoms with van der Waals surface area (Å²) in [6.45, 7) is 1.88. The molecule has 3 aromatic heterocycles. The molecule has 37 heavy (non-hydrogen) atoms. The second kappa shape index (κ2) is 9.93. The van der Waals surface area contributed by atoms with Crippen LogP contribution in [0.3, 0.4) is 0 Å². The number of halogens is 3. The van der Waals surface area contributed by atoms with E-state index in [1.165, 1.54) is 11.3 Å². The molecule has 2 N–H and O–H groups in total. The van der Waals surface area contributed by atoms with Crippen molar-refractivity contribution in [3.05, 3.63) is 87.7 Å². The number of alkyl halides is 3. The van der Waals surface area contributed by atoms with Gasteiger partial charge in [0.05, 0.1) is 21.7 Å². The number of nitrogens with zero attached hydrogens (tertiary/aromatic N) is 3. The van der Waals surface area contributed by atoms with E-state index < -0.39 is 17.7 Å². The minimum Gasteiger partial charge on any atom is -0.478 e. The number of thiazole rings is 1. The van der Waals surface area contributed by atoms with Crippen molar-refractivity contribution in [3.8, 4) is 10.6 Å². The van der Waals surface area contributed by atoms with E-state index in [1.54, 1.807) is 24.4 Å². The first-order chi connectivity index (χ1) is 17.7. The fraction of sp³-hybridized carbons (Fsp3) is 0.259. The normalized spacial score (nSPS) is 15.6. The van der Waals surface area contributed by atoms with E-state index in [0.717, 1.165) is 70.6 Å². The number of carboxylic acid groups (broad SMARTS) is 1. The number of fused-ring (bicyclic) bond motifs is 1. The third-order valence-electron chi connectivity index (χ3n) is 6.34. The maximum absolute atomic E-state index is 13.1. The topological polar surface area (TPSA) is 88.0 Å². The number of anilines is 2. The maximum Gasteiger partial charge on any atom is 0.416 e. The van der Waals surface area contributed by atoms with Gasteiger partial charge in [0.1, 0.15) is 16.6 Å². The highest BCUT2D eigenvalue weighted by atomic mass is 32.1. The molecule has 5 rings (SSSR count). The van der Waals surface area contributed by atoms with Gasteiger partial charge in [0, 0.05) is 18.3 Å². The summed E-state index contributed by atoms with van der Waals surface area (Å²) in [6.07, 6.45) is 2.22. The van der Waals surface area contributed by atoms with Gasteiger partial charge in [-0.1, -0.05) is 12.5 Å². The van der Waals surface area contributed by atoms with Gasteiger partial charge in [-0.25, -0.2) is 19.7 Å². The lowest BCUT2D eigenvalue weighted by Gasteiger charge is -2.16. The van der Waals surface area contributed by atoms with Crippen molar-refractivity contribution >= 4 is 28.9 Å². The predicted molar refractivity (Wildman–Crippen MR) is 135 cm³/mol. The molecule has 190 valence electrons. The lowest BCUT2D eigenvalue weighted by Crippen LogP contribution is -2.06. The molecule has 1 atom stereocenters. The first kappa shape index (κ1) is 24.9. The van der Waals surface area contributed by atoms with E-state index in [-0.39, 0.29) is 17.3 Å². The summed E-state index contributed by atoms with van der Waals surface area (Å²) in [6, 6.07) is 10.8. The Hall–Kier alpha value is -3.79. The maximum atomic E-state index is 13.1. The Morgan fingerprint density at radius 3 is 2.70 bits per heavy atom. The van der Waals surface area contributed by atoms with Crippen LogP contribution in [0.1, 0.15) is 62.8 Å². The number of hydrogen-bond acceptors (Lipinski definition) is 6. The van der Waals surface area contributed by atoms with Crippen LogP contribution in [-0.4, -0.2) is 26.0 Å². The Morgan fingerprint density at radius 2 is 1.92 bits per heavy atom. The number of carbonyl (C=O) groups is 1. The van der Waals surface area contributed by atoms with Gasteiger partial charge in [0.15, 0.2) is 0 Å². The fourth-order valence-electron chi connectivity index (χ4n) is 4.59. The molecule has 0 saturated heterocycles. The van der Waals surface area contributed by atoms with E-state index in [9.17, 15) is 23.1 Å². The molecule has 3 heterocycles.